The smallest absolute Gasteiger partial charge is 0.241 e. The normalized spacial score (nSPS) is 12.4. The number of amides is 1. The number of rotatable bonds is 7. The highest BCUT2D eigenvalue weighted by Crippen LogP contribution is 2.22. The Balaban J connectivity index is 1.92. The predicted molar refractivity (Wildman–Crippen MR) is 92.3 cm³/mol. The number of thioether (sulfide) groups is 1. The van der Waals surface area contributed by atoms with E-state index in [0.717, 1.165) is 22.0 Å². The first kappa shape index (κ1) is 17.5. The van der Waals surface area contributed by atoms with Gasteiger partial charge in [-0.05, 0) is 32.1 Å². The fourth-order valence-electron chi connectivity index (χ4n) is 2.36. The van der Waals surface area contributed by atoms with Gasteiger partial charge >= 0.3 is 0 Å². The number of carbonyl (C=O) groups excluding carboxylic acids is 1. The molecular formula is C16H23N5OS. The van der Waals surface area contributed by atoms with E-state index in [-0.39, 0.29) is 11.9 Å². The summed E-state index contributed by atoms with van der Waals surface area (Å²) < 4.78 is 1.86. The van der Waals surface area contributed by atoms with Crippen LogP contribution in [0.3, 0.4) is 0 Å². The highest BCUT2D eigenvalue weighted by Gasteiger charge is 2.23. The number of nitrogens with zero attached hydrogens (tertiary/aromatic N) is 4. The Morgan fingerprint density at radius 2 is 2.13 bits per heavy atom. The van der Waals surface area contributed by atoms with E-state index in [4.69, 9.17) is 0 Å². The molecule has 23 heavy (non-hydrogen) atoms. The predicted octanol–water partition coefficient (Wildman–Crippen LogP) is 1.63. The fraction of sp³-hybridized carbons (Fsp3) is 0.438. The van der Waals surface area contributed by atoms with Crippen molar-refractivity contribution in [3.63, 3.8) is 0 Å². The quantitative estimate of drug-likeness (QED) is 0.616. The van der Waals surface area contributed by atoms with Crippen LogP contribution in [0.2, 0.25) is 0 Å². The number of hydrogen-bond donors (Lipinski definition) is 1. The van der Waals surface area contributed by atoms with Gasteiger partial charge in [-0.25, -0.2) is 0 Å². The van der Waals surface area contributed by atoms with E-state index in [9.17, 15) is 4.79 Å². The van der Waals surface area contributed by atoms with Gasteiger partial charge in [0.1, 0.15) is 12.4 Å². The Kier molecular flexibility index (Phi) is 6.18. The summed E-state index contributed by atoms with van der Waals surface area (Å²) in [5, 5.41) is 11.7. The fourth-order valence-corrected chi connectivity index (χ4v) is 3.11. The van der Waals surface area contributed by atoms with Gasteiger partial charge in [-0.15, -0.1) is 10.2 Å². The monoisotopic (exact) mass is 333 g/mol. The number of likely N-dealkylation sites (N-methyl/N-ethyl adjacent to an activating group) is 1. The summed E-state index contributed by atoms with van der Waals surface area (Å²) >= 11 is 1.58. The van der Waals surface area contributed by atoms with Crippen LogP contribution in [-0.2, 0) is 11.8 Å². The Labute approximate surface area is 141 Å². The molecule has 1 amide bonds. The van der Waals surface area contributed by atoms with Gasteiger partial charge in [-0.2, -0.15) is 0 Å². The number of aromatic nitrogens is 3. The third-order valence-corrected chi connectivity index (χ3v) is 4.59. The molecule has 0 aliphatic carbocycles. The van der Waals surface area contributed by atoms with Crippen LogP contribution in [-0.4, -0.2) is 52.0 Å². The average molecular weight is 333 g/mol. The molecule has 0 saturated carbocycles. The second-order valence-electron chi connectivity index (χ2n) is 5.59. The molecule has 1 atom stereocenters. The highest BCUT2D eigenvalue weighted by molar-refractivity contribution is 7.99. The maximum absolute atomic E-state index is 12.6. The van der Waals surface area contributed by atoms with Gasteiger partial charge in [0, 0.05) is 19.3 Å². The summed E-state index contributed by atoms with van der Waals surface area (Å²) in [5.74, 6) is 0.773. The second kappa shape index (κ2) is 8.12. The Hall–Kier alpha value is -1.86. The van der Waals surface area contributed by atoms with E-state index in [1.54, 1.807) is 18.1 Å². The molecule has 2 rings (SSSR count). The van der Waals surface area contributed by atoms with Crippen molar-refractivity contribution < 1.29 is 4.79 Å². The first-order valence-corrected chi connectivity index (χ1v) is 8.45. The third-order valence-electron chi connectivity index (χ3n) is 3.55. The number of hydrogen-bond acceptors (Lipinski definition) is 5. The zero-order valence-electron chi connectivity index (χ0n) is 14.0. The van der Waals surface area contributed by atoms with E-state index in [0.29, 0.717) is 6.54 Å². The number of nitrogens with one attached hydrogen (secondary N) is 1. The lowest BCUT2D eigenvalue weighted by molar-refractivity contribution is -0.125. The third kappa shape index (κ3) is 4.56. The molecule has 124 valence electrons. The molecule has 7 heteroatoms. The molecule has 0 radical (unpaired) electrons. The summed E-state index contributed by atoms with van der Waals surface area (Å²) in [6, 6.07) is 7.71. The summed E-state index contributed by atoms with van der Waals surface area (Å²) in [7, 11) is 5.75. The zero-order valence-corrected chi connectivity index (χ0v) is 14.8. The molecule has 0 fully saturated rings. The lowest BCUT2D eigenvalue weighted by Gasteiger charge is -2.25. The van der Waals surface area contributed by atoms with E-state index >= 15 is 0 Å². The number of aryl methyl sites for hydroxylation is 2. The van der Waals surface area contributed by atoms with Crippen LogP contribution in [0.5, 0.6) is 0 Å². The van der Waals surface area contributed by atoms with Gasteiger partial charge in [0.2, 0.25) is 5.91 Å². The molecule has 1 heterocycles. The van der Waals surface area contributed by atoms with Gasteiger partial charge in [-0.3, -0.25) is 9.69 Å². The molecule has 0 aliphatic heterocycles. The Morgan fingerprint density at radius 1 is 1.39 bits per heavy atom. The molecule has 1 N–H and O–H groups in total. The largest absolute Gasteiger partial charge is 0.354 e. The Bertz CT molecular complexity index is 655. The molecule has 0 saturated heterocycles. The first-order chi connectivity index (χ1) is 11.0. The van der Waals surface area contributed by atoms with Crippen LogP contribution in [0, 0.1) is 6.92 Å². The summed E-state index contributed by atoms with van der Waals surface area (Å²) in [6.45, 7) is 2.62. The molecule has 0 spiro atoms. The van der Waals surface area contributed by atoms with E-state index in [2.05, 4.69) is 15.5 Å². The van der Waals surface area contributed by atoms with E-state index in [1.807, 2.05) is 61.8 Å². The molecule has 0 unspecified atom stereocenters. The standard InChI is InChI=1S/C16H23N5OS/c1-12-7-5-6-8-13(12)14(20(2)3)15(22)17-9-10-23-16-19-18-11-21(16)4/h5-8,11,14H,9-10H2,1-4H3,(H,17,22)/t14-/m1/s1. The van der Waals surface area contributed by atoms with Crippen LogP contribution in [0.15, 0.2) is 35.7 Å². The molecule has 0 bridgehead atoms. The lowest BCUT2D eigenvalue weighted by atomic mass is 10.00. The first-order valence-electron chi connectivity index (χ1n) is 7.47. The Morgan fingerprint density at radius 3 is 2.74 bits per heavy atom. The van der Waals surface area contributed by atoms with Gasteiger partial charge in [0.25, 0.3) is 0 Å². The zero-order chi connectivity index (χ0) is 16.8. The van der Waals surface area contributed by atoms with Crippen LogP contribution >= 0.6 is 11.8 Å². The molecule has 1 aromatic carbocycles. The van der Waals surface area contributed by atoms with Crippen LogP contribution in [0.25, 0.3) is 0 Å². The van der Waals surface area contributed by atoms with Crippen molar-refractivity contribution in [2.45, 2.75) is 18.1 Å². The van der Waals surface area contributed by atoms with Crippen molar-refractivity contribution in [2.75, 3.05) is 26.4 Å². The van der Waals surface area contributed by atoms with Gasteiger partial charge in [0.15, 0.2) is 5.16 Å². The maximum atomic E-state index is 12.6. The van der Waals surface area contributed by atoms with Gasteiger partial charge < -0.3 is 9.88 Å². The van der Waals surface area contributed by atoms with E-state index in [1.165, 1.54) is 0 Å². The highest BCUT2D eigenvalue weighted by atomic mass is 32.2. The van der Waals surface area contributed by atoms with Crippen LogP contribution < -0.4 is 5.32 Å². The SMILES string of the molecule is Cc1ccccc1[C@H](C(=O)NCCSc1nncn1C)N(C)C. The minimum absolute atomic E-state index is 0.0165. The van der Waals surface area contributed by atoms with Gasteiger partial charge in [-0.1, -0.05) is 36.0 Å². The molecule has 6 nitrogen and oxygen atoms in total. The second-order valence-corrected chi connectivity index (χ2v) is 6.65. The van der Waals surface area contributed by atoms with Crippen LogP contribution in [0.4, 0.5) is 0 Å². The minimum Gasteiger partial charge on any atom is -0.354 e. The summed E-state index contributed by atoms with van der Waals surface area (Å²) in [4.78, 5) is 14.5. The molecule has 2 aromatic rings. The topological polar surface area (TPSA) is 63.1 Å². The molecule has 0 aliphatic rings. The number of benzene rings is 1. The lowest BCUT2D eigenvalue weighted by Crippen LogP contribution is -2.38. The van der Waals surface area contributed by atoms with Crippen LogP contribution in [0.1, 0.15) is 17.2 Å². The summed E-state index contributed by atoms with van der Waals surface area (Å²) in [6.07, 6.45) is 1.67. The van der Waals surface area contributed by atoms with Crippen molar-refractivity contribution in [1.82, 2.24) is 25.0 Å². The van der Waals surface area contributed by atoms with Crippen molar-refractivity contribution in [1.29, 1.82) is 0 Å². The molecule has 1 aromatic heterocycles. The van der Waals surface area contributed by atoms with Gasteiger partial charge in [0.05, 0.1) is 0 Å². The van der Waals surface area contributed by atoms with Crippen molar-refractivity contribution in [3.05, 3.63) is 41.7 Å². The maximum Gasteiger partial charge on any atom is 0.241 e. The minimum atomic E-state index is -0.281. The van der Waals surface area contributed by atoms with Crippen molar-refractivity contribution >= 4 is 17.7 Å². The average Bonchev–Trinajstić information content (AvgIpc) is 2.91. The molecular weight excluding hydrogens is 310 g/mol. The summed E-state index contributed by atoms with van der Waals surface area (Å²) in [5.41, 5.74) is 2.16. The van der Waals surface area contributed by atoms with Crippen molar-refractivity contribution in [2.24, 2.45) is 7.05 Å². The number of carbonyl (C=O) groups is 1. The van der Waals surface area contributed by atoms with Crippen molar-refractivity contribution in [3.8, 4) is 0 Å². The van der Waals surface area contributed by atoms with E-state index < -0.39 is 0 Å².